The van der Waals surface area contributed by atoms with Crippen molar-refractivity contribution in [3.63, 3.8) is 0 Å². The zero-order valence-electron chi connectivity index (χ0n) is 12.9. The third-order valence-electron chi connectivity index (χ3n) is 4.00. The first-order chi connectivity index (χ1) is 11.1. The number of nitrogens with zero attached hydrogens (tertiary/aromatic N) is 2. The average molecular weight is 305 g/mol. The van der Waals surface area contributed by atoms with Gasteiger partial charge in [-0.15, -0.1) is 0 Å². The van der Waals surface area contributed by atoms with Crippen LogP contribution in [0.4, 0.5) is 0 Å². The molecule has 0 saturated carbocycles. The minimum absolute atomic E-state index is 0.0108. The van der Waals surface area contributed by atoms with Crippen LogP contribution < -0.4 is 5.43 Å². The van der Waals surface area contributed by atoms with E-state index in [2.05, 4.69) is 9.83 Å². The van der Waals surface area contributed by atoms with E-state index in [0.29, 0.717) is 33.4 Å². The summed E-state index contributed by atoms with van der Waals surface area (Å²) >= 11 is 0. The summed E-state index contributed by atoms with van der Waals surface area (Å²) in [5, 5.41) is 0. The van der Waals surface area contributed by atoms with Gasteiger partial charge in [-0.25, -0.2) is 6.57 Å². The first-order valence-corrected chi connectivity index (χ1v) is 7.20. The van der Waals surface area contributed by atoms with Crippen molar-refractivity contribution in [2.24, 2.45) is 0 Å². The Morgan fingerprint density at radius 1 is 1.26 bits per heavy atom. The van der Waals surface area contributed by atoms with Gasteiger partial charge in [0.15, 0.2) is 5.78 Å². The summed E-state index contributed by atoms with van der Waals surface area (Å²) in [7, 11) is 0. The lowest BCUT2D eigenvalue weighted by Crippen LogP contribution is -2.11. The molecule has 0 unspecified atom stereocenters. The average Bonchev–Trinajstić information content (AvgIpc) is 2.84. The van der Waals surface area contributed by atoms with Gasteiger partial charge in [-0.05, 0) is 13.8 Å². The van der Waals surface area contributed by atoms with E-state index in [1.54, 1.807) is 48.9 Å². The van der Waals surface area contributed by atoms with Crippen LogP contribution >= 0.6 is 0 Å². The van der Waals surface area contributed by atoms with E-state index in [9.17, 15) is 9.59 Å². The first kappa shape index (κ1) is 14.8. The van der Waals surface area contributed by atoms with Crippen LogP contribution in [0, 0.1) is 20.4 Å². The molecular weight excluding hydrogens is 290 g/mol. The highest BCUT2D eigenvalue weighted by Gasteiger charge is 2.24. The Bertz CT molecular complexity index is 1000. The SMILES string of the molecule is [C-]#[N+]Cn1c(C)c(C(=O)c2ccccc2)c2[nH]cc(C)c(=O)c21. The Kier molecular flexibility index (Phi) is 3.59. The highest BCUT2D eigenvalue weighted by atomic mass is 16.1. The zero-order chi connectivity index (χ0) is 16.6. The van der Waals surface area contributed by atoms with Crippen molar-refractivity contribution in [1.29, 1.82) is 0 Å². The summed E-state index contributed by atoms with van der Waals surface area (Å²) in [4.78, 5) is 31.8. The van der Waals surface area contributed by atoms with Gasteiger partial charge in [-0.1, -0.05) is 30.3 Å². The summed E-state index contributed by atoms with van der Waals surface area (Å²) in [6.45, 7) is 10.6. The molecule has 3 aromatic rings. The number of hydrogen-bond acceptors (Lipinski definition) is 2. The number of H-pyrrole nitrogens is 1. The molecule has 0 aliphatic heterocycles. The highest BCUT2D eigenvalue weighted by Crippen LogP contribution is 2.25. The van der Waals surface area contributed by atoms with Gasteiger partial charge in [-0.2, -0.15) is 0 Å². The Hall–Kier alpha value is -3.13. The third-order valence-corrected chi connectivity index (χ3v) is 4.00. The summed E-state index contributed by atoms with van der Waals surface area (Å²) in [6, 6.07) is 8.93. The molecule has 5 nitrogen and oxygen atoms in total. The van der Waals surface area contributed by atoms with E-state index in [0.717, 1.165) is 0 Å². The largest absolute Gasteiger partial charge is 0.359 e. The lowest BCUT2D eigenvalue weighted by atomic mass is 10.0. The molecule has 0 aliphatic carbocycles. The van der Waals surface area contributed by atoms with Crippen molar-refractivity contribution in [3.8, 4) is 0 Å². The van der Waals surface area contributed by atoms with Gasteiger partial charge in [0.2, 0.25) is 5.43 Å². The van der Waals surface area contributed by atoms with Crippen LogP contribution in [0.25, 0.3) is 15.9 Å². The number of rotatable bonds is 3. The van der Waals surface area contributed by atoms with E-state index in [1.165, 1.54) is 0 Å². The van der Waals surface area contributed by atoms with Gasteiger partial charge in [0.25, 0.3) is 6.67 Å². The van der Waals surface area contributed by atoms with Crippen molar-refractivity contribution in [3.05, 3.63) is 80.6 Å². The summed E-state index contributed by atoms with van der Waals surface area (Å²) in [5.41, 5.74) is 2.92. The number of fused-ring (bicyclic) bond motifs is 1. The molecule has 5 heteroatoms. The second-order valence-electron chi connectivity index (χ2n) is 5.41. The topological polar surface area (TPSA) is 59.2 Å². The van der Waals surface area contributed by atoms with E-state index in [1.807, 2.05) is 6.07 Å². The number of carbonyl (C=O) groups is 1. The van der Waals surface area contributed by atoms with Crippen LogP contribution in [0.5, 0.6) is 0 Å². The van der Waals surface area contributed by atoms with E-state index >= 15 is 0 Å². The number of hydrogen-bond donors (Lipinski definition) is 1. The van der Waals surface area contributed by atoms with E-state index in [-0.39, 0.29) is 17.9 Å². The van der Waals surface area contributed by atoms with Crippen LogP contribution in [-0.2, 0) is 6.67 Å². The lowest BCUT2D eigenvalue weighted by Gasteiger charge is -2.02. The Labute approximate surface area is 133 Å². The Morgan fingerprint density at radius 2 is 1.96 bits per heavy atom. The van der Waals surface area contributed by atoms with Crippen molar-refractivity contribution < 1.29 is 4.79 Å². The van der Waals surface area contributed by atoms with Gasteiger partial charge >= 0.3 is 0 Å². The number of aromatic nitrogens is 2. The molecule has 0 saturated heterocycles. The predicted molar refractivity (Wildman–Crippen MR) is 88.5 cm³/mol. The maximum absolute atomic E-state index is 12.9. The molecule has 1 N–H and O–H groups in total. The lowest BCUT2D eigenvalue weighted by molar-refractivity contribution is 0.103. The Balaban J connectivity index is 2.37. The van der Waals surface area contributed by atoms with Crippen LogP contribution in [0.2, 0.25) is 0 Å². The monoisotopic (exact) mass is 305 g/mol. The molecule has 0 bridgehead atoms. The fourth-order valence-electron chi connectivity index (χ4n) is 2.81. The Morgan fingerprint density at radius 3 is 2.61 bits per heavy atom. The number of ketones is 1. The molecule has 1 aromatic carbocycles. The second kappa shape index (κ2) is 5.58. The van der Waals surface area contributed by atoms with Crippen molar-refractivity contribution in [2.45, 2.75) is 20.5 Å². The number of pyridine rings is 1. The third kappa shape index (κ3) is 2.25. The van der Waals surface area contributed by atoms with Crippen molar-refractivity contribution in [2.75, 3.05) is 0 Å². The molecule has 2 aromatic heterocycles. The van der Waals surface area contributed by atoms with Crippen LogP contribution in [0.15, 0.2) is 41.3 Å². The van der Waals surface area contributed by atoms with Crippen LogP contribution in [0.1, 0.15) is 27.2 Å². The number of carbonyl (C=O) groups excluding carboxylic acids is 1. The van der Waals surface area contributed by atoms with Gasteiger partial charge < -0.3 is 4.98 Å². The summed E-state index contributed by atoms with van der Waals surface area (Å²) in [6.07, 6.45) is 1.61. The predicted octanol–water partition coefficient (Wildman–Crippen LogP) is 3.05. The fourth-order valence-corrected chi connectivity index (χ4v) is 2.81. The number of aryl methyl sites for hydroxylation is 1. The minimum Gasteiger partial charge on any atom is -0.359 e. The highest BCUT2D eigenvalue weighted by molar-refractivity contribution is 6.16. The molecule has 114 valence electrons. The van der Waals surface area contributed by atoms with E-state index < -0.39 is 0 Å². The fraction of sp³-hybridized carbons (Fsp3) is 0.167. The minimum atomic E-state index is -0.156. The molecule has 3 rings (SSSR count). The molecule has 23 heavy (non-hydrogen) atoms. The van der Waals surface area contributed by atoms with Crippen molar-refractivity contribution >= 4 is 16.8 Å². The first-order valence-electron chi connectivity index (χ1n) is 7.20. The molecule has 0 aliphatic rings. The number of aromatic amines is 1. The molecule has 2 heterocycles. The molecule has 0 amide bonds. The quantitative estimate of drug-likeness (QED) is 0.597. The van der Waals surface area contributed by atoms with Crippen LogP contribution in [-0.4, -0.2) is 15.3 Å². The summed E-state index contributed by atoms with van der Waals surface area (Å²) < 4.78 is 1.62. The maximum Gasteiger partial charge on any atom is 0.293 e. The second-order valence-corrected chi connectivity index (χ2v) is 5.41. The molecule has 0 fully saturated rings. The van der Waals surface area contributed by atoms with Gasteiger partial charge in [0.1, 0.15) is 5.52 Å². The van der Waals surface area contributed by atoms with Crippen LogP contribution in [0.3, 0.4) is 0 Å². The van der Waals surface area contributed by atoms with Crippen molar-refractivity contribution in [1.82, 2.24) is 9.55 Å². The zero-order valence-corrected chi connectivity index (χ0v) is 12.9. The number of benzene rings is 1. The van der Waals surface area contributed by atoms with Gasteiger partial charge in [0.05, 0.1) is 11.1 Å². The molecule has 0 radical (unpaired) electrons. The number of nitrogens with one attached hydrogen (secondary N) is 1. The van der Waals surface area contributed by atoms with Gasteiger partial charge in [0, 0.05) is 23.0 Å². The van der Waals surface area contributed by atoms with E-state index in [4.69, 9.17) is 6.57 Å². The standard InChI is InChI=1S/C18H15N3O2/c1-11-9-20-15-14(18(23)13-7-5-4-6-8-13)12(2)21(10-19-3)16(15)17(11)22/h4-9H,10H2,1-2H3,(H,20,22). The molecule has 0 spiro atoms. The maximum atomic E-state index is 12.9. The summed E-state index contributed by atoms with van der Waals surface area (Å²) in [5.74, 6) is -0.156. The molecule has 0 atom stereocenters. The van der Waals surface area contributed by atoms with Gasteiger partial charge in [-0.3, -0.25) is 19.0 Å². The normalized spacial score (nSPS) is 10.7. The molecular formula is C18H15N3O2. The smallest absolute Gasteiger partial charge is 0.293 e.